The van der Waals surface area contributed by atoms with Crippen molar-refractivity contribution < 1.29 is 14.3 Å². The van der Waals surface area contributed by atoms with Crippen LogP contribution in [0.1, 0.15) is 40.5 Å². The average Bonchev–Trinajstić information content (AvgIpc) is 2.27. The number of hydrogen-bond donors (Lipinski definition) is 2. The Morgan fingerprint density at radius 1 is 1.18 bits per heavy atom. The van der Waals surface area contributed by atoms with Gasteiger partial charge in [-0.15, -0.1) is 0 Å². The lowest BCUT2D eigenvalue weighted by Gasteiger charge is -2.11. The van der Waals surface area contributed by atoms with Gasteiger partial charge in [0.1, 0.15) is 0 Å². The van der Waals surface area contributed by atoms with Crippen LogP contribution in [-0.2, 0) is 14.3 Å². The molecular formula is C12H24N2O3. The molecule has 1 atom stereocenters. The van der Waals surface area contributed by atoms with E-state index in [1.165, 1.54) is 0 Å². The highest BCUT2D eigenvalue weighted by atomic mass is 16.5. The molecule has 5 nitrogen and oxygen atoms in total. The molecule has 5 heteroatoms. The van der Waals surface area contributed by atoms with Gasteiger partial charge >= 0.3 is 11.8 Å². The number of nitrogens with one attached hydrogen (secondary N) is 2. The van der Waals surface area contributed by atoms with Crippen molar-refractivity contribution in [2.45, 2.75) is 52.7 Å². The Kier molecular flexibility index (Phi) is 8.40. The average molecular weight is 244 g/mol. The van der Waals surface area contributed by atoms with Crippen LogP contribution in [0.3, 0.4) is 0 Å². The number of amides is 2. The lowest BCUT2D eigenvalue weighted by atomic mass is 10.2. The first-order valence-corrected chi connectivity index (χ1v) is 6.17. The first-order valence-electron chi connectivity index (χ1n) is 6.17. The quantitative estimate of drug-likeness (QED) is 0.515. The Hall–Kier alpha value is -1.10. The first-order chi connectivity index (χ1) is 7.97. The highest BCUT2D eigenvalue weighted by Gasteiger charge is 2.14. The summed E-state index contributed by atoms with van der Waals surface area (Å²) < 4.78 is 5.31. The smallest absolute Gasteiger partial charge is 0.309 e. The van der Waals surface area contributed by atoms with Crippen LogP contribution in [-0.4, -0.2) is 37.1 Å². The lowest BCUT2D eigenvalue weighted by Crippen LogP contribution is -2.43. The highest BCUT2D eigenvalue weighted by molar-refractivity contribution is 6.35. The van der Waals surface area contributed by atoms with Crippen LogP contribution in [0.2, 0.25) is 0 Å². The predicted molar refractivity (Wildman–Crippen MR) is 66.6 cm³/mol. The second-order valence-corrected chi connectivity index (χ2v) is 4.31. The minimum Gasteiger partial charge on any atom is -0.379 e. The molecule has 17 heavy (non-hydrogen) atoms. The van der Waals surface area contributed by atoms with Gasteiger partial charge in [-0.25, -0.2) is 0 Å². The van der Waals surface area contributed by atoms with Gasteiger partial charge in [-0.05, 0) is 33.6 Å². The Bertz CT molecular complexity index is 242. The van der Waals surface area contributed by atoms with Crippen LogP contribution in [0.4, 0.5) is 0 Å². The van der Waals surface area contributed by atoms with Crippen LogP contribution in [0.25, 0.3) is 0 Å². The van der Waals surface area contributed by atoms with Gasteiger partial charge in [-0.2, -0.15) is 0 Å². The van der Waals surface area contributed by atoms with Gasteiger partial charge in [0.25, 0.3) is 0 Å². The molecule has 0 radical (unpaired) electrons. The van der Waals surface area contributed by atoms with Gasteiger partial charge in [-0.3, -0.25) is 9.59 Å². The van der Waals surface area contributed by atoms with Gasteiger partial charge in [0.05, 0.1) is 6.10 Å². The van der Waals surface area contributed by atoms with Crippen molar-refractivity contribution in [2.75, 3.05) is 13.2 Å². The minimum atomic E-state index is -0.574. The van der Waals surface area contributed by atoms with E-state index >= 15 is 0 Å². The molecule has 0 fully saturated rings. The zero-order chi connectivity index (χ0) is 13.3. The van der Waals surface area contributed by atoms with E-state index in [0.29, 0.717) is 19.6 Å². The molecular weight excluding hydrogens is 220 g/mol. The van der Waals surface area contributed by atoms with Crippen LogP contribution < -0.4 is 10.6 Å². The van der Waals surface area contributed by atoms with Crippen LogP contribution in [0.15, 0.2) is 0 Å². The molecule has 0 unspecified atom stereocenters. The summed E-state index contributed by atoms with van der Waals surface area (Å²) in [7, 11) is 0. The van der Waals surface area contributed by atoms with E-state index in [-0.39, 0.29) is 12.1 Å². The summed E-state index contributed by atoms with van der Waals surface area (Å²) in [5.41, 5.74) is 0. The van der Waals surface area contributed by atoms with Crippen molar-refractivity contribution in [1.29, 1.82) is 0 Å². The van der Waals surface area contributed by atoms with E-state index in [4.69, 9.17) is 4.74 Å². The van der Waals surface area contributed by atoms with Crippen molar-refractivity contribution in [3.05, 3.63) is 0 Å². The fourth-order valence-electron chi connectivity index (χ4n) is 1.06. The van der Waals surface area contributed by atoms with E-state index in [2.05, 4.69) is 10.6 Å². The number of carbonyl (C=O) groups is 2. The molecule has 0 aromatic rings. The highest BCUT2D eigenvalue weighted by Crippen LogP contribution is 1.90. The summed E-state index contributed by atoms with van der Waals surface area (Å²) in [5, 5.41) is 5.16. The second kappa shape index (κ2) is 8.98. The SMILES string of the molecule is CC[C@@H](C)NC(=O)C(=O)NCCCOC(C)C. The molecule has 0 aliphatic heterocycles. The molecule has 0 aromatic heterocycles. The normalized spacial score (nSPS) is 12.3. The summed E-state index contributed by atoms with van der Waals surface area (Å²) in [6, 6.07) is 0.0255. The molecule has 2 N–H and O–H groups in total. The zero-order valence-corrected chi connectivity index (χ0v) is 11.2. The summed E-state index contributed by atoms with van der Waals surface area (Å²) >= 11 is 0. The standard InChI is InChI=1S/C12H24N2O3/c1-5-10(4)14-12(16)11(15)13-7-6-8-17-9(2)3/h9-10H,5-8H2,1-4H3,(H,13,15)(H,14,16)/t10-/m1/s1. The molecule has 0 spiro atoms. The Labute approximate surface area is 103 Å². The maximum absolute atomic E-state index is 11.3. The van der Waals surface area contributed by atoms with E-state index in [0.717, 1.165) is 6.42 Å². The zero-order valence-electron chi connectivity index (χ0n) is 11.2. The Balaban J connectivity index is 3.61. The molecule has 0 saturated heterocycles. The topological polar surface area (TPSA) is 67.4 Å². The largest absolute Gasteiger partial charge is 0.379 e. The molecule has 0 saturated carbocycles. The van der Waals surface area contributed by atoms with Crippen molar-refractivity contribution in [1.82, 2.24) is 10.6 Å². The van der Waals surface area contributed by atoms with Gasteiger partial charge in [0.15, 0.2) is 0 Å². The Morgan fingerprint density at radius 3 is 2.35 bits per heavy atom. The molecule has 0 aliphatic rings. The number of hydrogen-bond acceptors (Lipinski definition) is 3. The third-order valence-electron chi connectivity index (χ3n) is 2.25. The summed E-state index contributed by atoms with van der Waals surface area (Å²) in [4.78, 5) is 22.7. The fraction of sp³-hybridized carbons (Fsp3) is 0.833. The van der Waals surface area contributed by atoms with Crippen LogP contribution >= 0.6 is 0 Å². The van der Waals surface area contributed by atoms with E-state index in [9.17, 15) is 9.59 Å². The Morgan fingerprint density at radius 2 is 1.82 bits per heavy atom. The van der Waals surface area contributed by atoms with Crippen LogP contribution in [0.5, 0.6) is 0 Å². The predicted octanol–water partition coefficient (Wildman–Crippen LogP) is 0.832. The van der Waals surface area contributed by atoms with Crippen molar-refractivity contribution >= 4 is 11.8 Å². The van der Waals surface area contributed by atoms with E-state index in [1.807, 2.05) is 27.7 Å². The molecule has 0 heterocycles. The maximum atomic E-state index is 11.3. The summed E-state index contributed by atoms with van der Waals surface area (Å²) in [5.74, 6) is -1.14. The monoisotopic (exact) mass is 244 g/mol. The third-order valence-corrected chi connectivity index (χ3v) is 2.25. The molecule has 100 valence electrons. The van der Waals surface area contributed by atoms with Crippen molar-refractivity contribution in [2.24, 2.45) is 0 Å². The van der Waals surface area contributed by atoms with Gasteiger partial charge < -0.3 is 15.4 Å². The molecule has 0 aromatic carbocycles. The lowest BCUT2D eigenvalue weighted by molar-refractivity contribution is -0.139. The maximum Gasteiger partial charge on any atom is 0.309 e. The van der Waals surface area contributed by atoms with Gasteiger partial charge in [-0.1, -0.05) is 6.92 Å². The number of ether oxygens (including phenoxy) is 1. The van der Waals surface area contributed by atoms with Crippen LogP contribution in [0, 0.1) is 0 Å². The molecule has 0 rings (SSSR count). The van der Waals surface area contributed by atoms with E-state index < -0.39 is 11.8 Å². The summed E-state index contributed by atoms with van der Waals surface area (Å²) in [6.07, 6.45) is 1.71. The number of carbonyl (C=O) groups excluding carboxylic acids is 2. The second-order valence-electron chi connectivity index (χ2n) is 4.31. The fourth-order valence-corrected chi connectivity index (χ4v) is 1.06. The van der Waals surface area contributed by atoms with Gasteiger partial charge in [0.2, 0.25) is 0 Å². The van der Waals surface area contributed by atoms with E-state index in [1.54, 1.807) is 0 Å². The van der Waals surface area contributed by atoms with Crippen molar-refractivity contribution in [3.8, 4) is 0 Å². The molecule has 0 bridgehead atoms. The minimum absolute atomic E-state index is 0.0255. The first kappa shape index (κ1) is 15.9. The summed E-state index contributed by atoms with van der Waals surface area (Å²) in [6.45, 7) is 8.77. The molecule has 0 aliphatic carbocycles. The van der Waals surface area contributed by atoms with Crippen molar-refractivity contribution in [3.63, 3.8) is 0 Å². The number of rotatable bonds is 7. The van der Waals surface area contributed by atoms with Gasteiger partial charge in [0, 0.05) is 19.2 Å². The third kappa shape index (κ3) is 8.68. The molecule has 2 amide bonds.